The van der Waals surface area contributed by atoms with Crippen LogP contribution in [0.15, 0.2) is 48.8 Å². The average molecular weight is 413 g/mol. The van der Waals surface area contributed by atoms with Crippen LogP contribution in [0.1, 0.15) is 95.0 Å². The van der Waals surface area contributed by atoms with Crippen molar-refractivity contribution in [2.45, 2.75) is 84.5 Å². The summed E-state index contributed by atoms with van der Waals surface area (Å²) >= 11 is 0. The maximum absolute atomic E-state index is 10.2. The second-order valence-electron chi connectivity index (χ2n) is 8.78. The number of nitrogens with zero attached hydrogens (tertiary/aromatic N) is 1. The number of carboxylic acid groups (broad SMARTS) is 1. The molecular formula is C26H40N2O2. The van der Waals surface area contributed by atoms with E-state index in [1.54, 1.807) is 6.07 Å². The maximum atomic E-state index is 10.2. The summed E-state index contributed by atoms with van der Waals surface area (Å²) in [4.78, 5) is 13.8. The minimum Gasteiger partial charge on any atom is -0.478 e. The number of nitrogens with one attached hydrogen (secondary N) is 1. The van der Waals surface area contributed by atoms with Crippen molar-refractivity contribution in [1.29, 1.82) is 0 Å². The van der Waals surface area contributed by atoms with E-state index in [1.807, 2.05) is 0 Å². The van der Waals surface area contributed by atoms with Gasteiger partial charge in [0.2, 0.25) is 0 Å². The molecule has 2 N–H and O–H groups in total. The van der Waals surface area contributed by atoms with Crippen LogP contribution in [-0.2, 0) is 5.41 Å². The fourth-order valence-corrected chi connectivity index (χ4v) is 3.08. The highest BCUT2D eigenvalue weighted by atomic mass is 16.4. The van der Waals surface area contributed by atoms with Gasteiger partial charge >= 0.3 is 5.97 Å². The first-order valence-corrected chi connectivity index (χ1v) is 11.3. The third kappa shape index (κ3) is 11.6. The summed E-state index contributed by atoms with van der Waals surface area (Å²) in [5.41, 5.74) is 3.13. The number of pyridine rings is 1. The first-order valence-electron chi connectivity index (χ1n) is 11.3. The lowest BCUT2D eigenvalue weighted by Crippen LogP contribution is -2.11. The number of aromatic nitrogens is 1. The molecule has 0 saturated heterocycles. The van der Waals surface area contributed by atoms with Gasteiger partial charge in [-0.2, -0.15) is 0 Å². The topological polar surface area (TPSA) is 62.2 Å². The van der Waals surface area contributed by atoms with Crippen molar-refractivity contribution >= 4 is 11.7 Å². The van der Waals surface area contributed by atoms with E-state index in [1.165, 1.54) is 81.1 Å². The van der Waals surface area contributed by atoms with Gasteiger partial charge in [-0.1, -0.05) is 84.8 Å². The molecule has 0 saturated carbocycles. The monoisotopic (exact) mass is 412 g/mol. The van der Waals surface area contributed by atoms with E-state index in [0.717, 1.165) is 6.54 Å². The number of rotatable bonds is 11. The molecule has 1 heterocycles. The lowest BCUT2D eigenvalue weighted by atomic mass is 9.87. The third-order valence-electron chi connectivity index (χ3n) is 5.00. The number of unbranched alkanes of at least 4 members (excludes halogenated alkanes) is 7. The van der Waals surface area contributed by atoms with Gasteiger partial charge in [0.15, 0.2) is 0 Å². The molecule has 166 valence electrons. The Morgan fingerprint density at radius 3 is 2.17 bits per heavy atom. The number of anilines is 1. The van der Waals surface area contributed by atoms with E-state index in [-0.39, 0.29) is 11.0 Å². The Kier molecular flexibility index (Phi) is 12.5. The molecule has 4 heteroatoms. The van der Waals surface area contributed by atoms with Gasteiger partial charge in [-0.3, -0.25) is 4.98 Å². The lowest BCUT2D eigenvalue weighted by Gasteiger charge is -2.20. The van der Waals surface area contributed by atoms with Crippen LogP contribution in [0.25, 0.3) is 0 Å². The first-order chi connectivity index (χ1) is 14.3. The minimum absolute atomic E-state index is 0.220. The zero-order chi connectivity index (χ0) is 22.2. The zero-order valence-corrected chi connectivity index (χ0v) is 19.3. The second kappa shape index (κ2) is 14.6. The largest absolute Gasteiger partial charge is 0.478 e. The quantitative estimate of drug-likeness (QED) is 0.380. The Balaban J connectivity index is 0.000000414. The molecule has 0 amide bonds. The second-order valence-corrected chi connectivity index (χ2v) is 8.78. The standard InChI is InChI=1S/C20H35N.C6H5NO2/c1-5-6-7-8-9-10-11-12-16-21-19-15-13-14-18(17-19)20(2,3)4;8-6(9)5-2-1-3-7-4-5/h13-15,17,21H,5-12,16H2,1-4H3;1-4H,(H,8,9). The van der Waals surface area contributed by atoms with Crippen molar-refractivity contribution in [1.82, 2.24) is 4.98 Å². The molecule has 0 bridgehead atoms. The van der Waals surface area contributed by atoms with Crippen molar-refractivity contribution in [3.05, 3.63) is 59.9 Å². The molecule has 0 aliphatic heterocycles. The summed E-state index contributed by atoms with van der Waals surface area (Å²) in [7, 11) is 0. The smallest absolute Gasteiger partial charge is 0.337 e. The van der Waals surface area contributed by atoms with Crippen molar-refractivity contribution in [2.75, 3.05) is 11.9 Å². The Morgan fingerprint density at radius 2 is 1.63 bits per heavy atom. The molecular weight excluding hydrogens is 372 g/mol. The van der Waals surface area contributed by atoms with E-state index in [2.05, 4.69) is 62.3 Å². The Labute approximate surface area is 183 Å². The van der Waals surface area contributed by atoms with Crippen LogP contribution in [0, 0.1) is 0 Å². The highest BCUT2D eigenvalue weighted by molar-refractivity contribution is 5.86. The van der Waals surface area contributed by atoms with Crippen molar-refractivity contribution in [2.24, 2.45) is 0 Å². The predicted octanol–water partition coefficient (Wildman–Crippen LogP) is 7.32. The minimum atomic E-state index is -0.942. The molecule has 2 aromatic rings. The molecule has 1 aromatic carbocycles. The van der Waals surface area contributed by atoms with Gasteiger partial charge in [0, 0.05) is 24.6 Å². The van der Waals surface area contributed by atoms with Crippen LogP contribution in [0.2, 0.25) is 0 Å². The SMILES string of the molecule is CCCCCCCCCCNc1cccc(C(C)(C)C)c1.O=C(O)c1cccnc1. The number of hydrogen-bond donors (Lipinski definition) is 2. The van der Waals surface area contributed by atoms with E-state index >= 15 is 0 Å². The number of benzene rings is 1. The maximum Gasteiger partial charge on any atom is 0.337 e. The lowest BCUT2D eigenvalue weighted by molar-refractivity contribution is 0.0696. The first kappa shape index (κ1) is 25.7. The van der Waals surface area contributed by atoms with Gasteiger partial charge < -0.3 is 10.4 Å². The highest BCUT2D eigenvalue weighted by Gasteiger charge is 2.13. The molecule has 0 spiro atoms. The van der Waals surface area contributed by atoms with E-state index in [4.69, 9.17) is 5.11 Å². The van der Waals surface area contributed by atoms with Crippen LogP contribution in [0.4, 0.5) is 5.69 Å². The highest BCUT2D eigenvalue weighted by Crippen LogP contribution is 2.24. The van der Waals surface area contributed by atoms with Crippen LogP contribution in [-0.4, -0.2) is 22.6 Å². The van der Waals surface area contributed by atoms with Gasteiger partial charge in [-0.05, 0) is 41.7 Å². The fourth-order valence-electron chi connectivity index (χ4n) is 3.08. The summed E-state index contributed by atoms with van der Waals surface area (Å²) < 4.78 is 0. The molecule has 4 nitrogen and oxygen atoms in total. The van der Waals surface area contributed by atoms with Crippen molar-refractivity contribution in [3.8, 4) is 0 Å². The number of carbonyl (C=O) groups is 1. The molecule has 30 heavy (non-hydrogen) atoms. The van der Waals surface area contributed by atoms with E-state index < -0.39 is 5.97 Å². The van der Waals surface area contributed by atoms with E-state index in [0.29, 0.717) is 0 Å². The van der Waals surface area contributed by atoms with Gasteiger partial charge in [0.1, 0.15) is 0 Å². The molecule has 0 aliphatic carbocycles. The predicted molar refractivity (Wildman–Crippen MR) is 127 cm³/mol. The van der Waals surface area contributed by atoms with Crippen LogP contribution >= 0.6 is 0 Å². The average Bonchev–Trinajstić information content (AvgIpc) is 2.73. The van der Waals surface area contributed by atoms with Gasteiger partial charge in [0.05, 0.1) is 5.56 Å². The molecule has 0 radical (unpaired) electrons. The van der Waals surface area contributed by atoms with Gasteiger partial charge in [0.25, 0.3) is 0 Å². The van der Waals surface area contributed by atoms with Crippen LogP contribution in [0.5, 0.6) is 0 Å². The van der Waals surface area contributed by atoms with Gasteiger partial charge in [-0.25, -0.2) is 4.79 Å². The zero-order valence-electron chi connectivity index (χ0n) is 19.3. The third-order valence-corrected chi connectivity index (χ3v) is 5.00. The number of aromatic carboxylic acids is 1. The molecule has 1 aromatic heterocycles. The normalized spacial score (nSPS) is 10.8. The van der Waals surface area contributed by atoms with Crippen LogP contribution in [0.3, 0.4) is 0 Å². The Hall–Kier alpha value is -2.36. The van der Waals surface area contributed by atoms with Gasteiger partial charge in [-0.15, -0.1) is 0 Å². The fraction of sp³-hybridized carbons (Fsp3) is 0.538. The Bertz CT molecular complexity index is 708. The summed E-state index contributed by atoms with van der Waals surface area (Å²) in [5.74, 6) is -0.942. The molecule has 2 rings (SSSR count). The molecule has 0 aliphatic rings. The Morgan fingerprint density at radius 1 is 0.967 bits per heavy atom. The van der Waals surface area contributed by atoms with E-state index in [9.17, 15) is 4.79 Å². The summed E-state index contributed by atoms with van der Waals surface area (Å²) in [6.07, 6.45) is 13.9. The number of hydrogen-bond acceptors (Lipinski definition) is 3. The number of carboxylic acids is 1. The van der Waals surface area contributed by atoms with Crippen LogP contribution < -0.4 is 5.32 Å². The molecule has 0 unspecified atom stereocenters. The molecule has 0 atom stereocenters. The van der Waals surface area contributed by atoms with Crippen molar-refractivity contribution < 1.29 is 9.90 Å². The summed E-state index contributed by atoms with van der Waals surface area (Å²) in [6, 6.07) is 11.9. The van der Waals surface area contributed by atoms with Crippen molar-refractivity contribution in [3.63, 3.8) is 0 Å². The summed E-state index contributed by atoms with van der Waals surface area (Å²) in [5, 5.41) is 11.9. The summed E-state index contributed by atoms with van der Waals surface area (Å²) in [6.45, 7) is 10.2. The molecule has 0 fully saturated rings.